The highest BCUT2D eigenvalue weighted by atomic mass is 16.5. The van der Waals surface area contributed by atoms with Crippen LogP contribution in [0.3, 0.4) is 0 Å². The van der Waals surface area contributed by atoms with E-state index in [-0.39, 0.29) is 6.04 Å². The highest BCUT2D eigenvalue weighted by molar-refractivity contribution is 5.15. The molecule has 0 amide bonds. The Balaban J connectivity index is 1.69. The fourth-order valence-electron chi connectivity index (χ4n) is 2.29. The second-order valence-corrected chi connectivity index (χ2v) is 4.66. The molecule has 1 aromatic carbocycles. The van der Waals surface area contributed by atoms with Gasteiger partial charge in [0.25, 0.3) is 0 Å². The molecule has 1 saturated heterocycles. The molecule has 2 N–H and O–H groups in total. The zero-order valence-corrected chi connectivity index (χ0v) is 9.77. The summed E-state index contributed by atoms with van der Waals surface area (Å²) >= 11 is 0. The highest BCUT2D eigenvalue weighted by Crippen LogP contribution is 2.18. The summed E-state index contributed by atoms with van der Waals surface area (Å²) in [6, 6.07) is 10.7. The maximum atomic E-state index is 6.13. The summed E-state index contributed by atoms with van der Waals surface area (Å²) in [5, 5.41) is 0. The van der Waals surface area contributed by atoms with Crippen LogP contribution in [0.5, 0.6) is 0 Å². The molecule has 1 aromatic rings. The van der Waals surface area contributed by atoms with Crippen molar-refractivity contribution in [3.63, 3.8) is 0 Å². The lowest BCUT2D eigenvalue weighted by Crippen LogP contribution is -2.24. The van der Waals surface area contributed by atoms with Crippen molar-refractivity contribution in [2.24, 2.45) is 5.73 Å². The maximum absolute atomic E-state index is 6.13. The van der Waals surface area contributed by atoms with Crippen molar-refractivity contribution < 1.29 is 4.74 Å². The predicted molar refractivity (Wildman–Crippen MR) is 66.3 cm³/mol. The molecule has 0 radical (unpaired) electrons. The smallest absolute Gasteiger partial charge is 0.0576 e. The van der Waals surface area contributed by atoms with E-state index in [0.717, 1.165) is 25.9 Å². The molecule has 0 bridgehead atoms. The molecule has 1 fully saturated rings. The normalized spacial score (nSPS) is 22.2. The second kappa shape index (κ2) is 6.02. The lowest BCUT2D eigenvalue weighted by Gasteiger charge is -2.14. The summed E-state index contributed by atoms with van der Waals surface area (Å²) in [5.74, 6) is 0. The average Bonchev–Trinajstić information content (AvgIpc) is 2.81. The molecule has 0 saturated carbocycles. The molecule has 2 rings (SSSR count). The first-order valence-electron chi connectivity index (χ1n) is 6.25. The number of hydrogen-bond acceptors (Lipinski definition) is 2. The molecule has 16 heavy (non-hydrogen) atoms. The van der Waals surface area contributed by atoms with Crippen LogP contribution in [-0.2, 0) is 11.2 Å². The third kappa shape index (κ3) is 3.62. The topological polar surface area (TPSA) is 35.2 Å². The van der Waals surface area contributed by atoms with Gasteiger partial charge in [0.1, 0.15) is 0 Å². The molecule has 1 heterocycles. The van der Waals surface area contributed by atoms with Gasteiger partial charge in [-0.3, -0.25) is 0 Å². The van der Waals surface area contributed by atoms with E-state index >= 15 is 0 Å². The Labute approximate surface area is 97.8 Å². The van der Waals surface area contributed by atoms with Crippen LogP contribution in [0.2, 0.25) is 0 Å². The summed E-state index contributed by atoms with van der Waals surface area (Å²) in [6.45, 7) is 0.943. The van der Waals surface area contributed by atoms with Crippen LogP contribution in [0.1, 0.15) is 31.2 Å². The molecule has 2 heteroatoms. The summed E-state index contributed by atoms with van der Waals surface area (Å²) in [6.07, 6.45) is 6.08. The zero-order chi connectivity index (χ0) is 11.2. The van der Waals surface area contributed by atoms with E-state index in [0.29, 0.717) is 6.10 Å². The first kappa shape index (κ1) is 11.6. The van der Waals surface area contributed by atoms with Crippen LogP contribution < -0.4 is 5.73 Å². The largest absolute Gasteiger partial charge is 0.378 e. The first-order valence-corrected chi connectivity index (χ1v) is 6.25. The van der Waals surface area contributed by atoms with Crippen molar-refractivity contribution in [1.82, 2.24) is 0 Å². The molecule has 0 aromatic heterocycles. The van der Waals surface area contributed by atoms with Crippen LogP contribution in [0.25, 0.3) is 0 Å². The Morgan fingerprint density at radius 2 is 2.12 bits per heavy atom. The van der Waals surface area contributed by atoms with Crippen molar-refractivity contribution in [3.05, 3.63) is 35.9 Å². The Kier molecular flexibility index (Phi) is 4.37. The van der Waals surface area contributed by atoms with Gasteiger partial charge >= 0.3 is 0 Å². The van der Waals surface area contributed by atoms with Gasteiger partial charge in [-0.15, -0.1) is 0 Å². The number of benzene rings is 1. The van der Waals surface area contributed by atoms with E-state index < -0.39 is 0 Å². The predicted octanol–water partition coefficient (Wildman–Crippen LogP) is 2.52. The van der Waals surface area contributed by atoms with Crippen molar-refractivity contribution in [2.75, 3.05) is 6.61 Å². The minimum absolute atomic E-state index is 0.270. The first-order chi connectivity index (χ1) is 7.84. The Morgan fingerprint density at radius 3 is 2.81 bits per heavy atom. The standard InChI is InChI=1S/C14H21NO/c15-13(8-9-14-7-4-10-16-14)11-12-5-2-1-3-6-12/h1-3,5-6,13-14H,4,7-11,15H2. The average molecular weight is 219 g/mol. The highest BCUT2D eigenvalue weighted by Gasteiger charge is 2.16. The lowest BCUT2D eigenvalue weighted by molar-refractivity contribution is 0.101. The fourth-order valence-corrected chi connectivity index (χ4v) is 2.29. The van der Waals surface area contributed by atoms with Gasteiger partial charge in [0.2, 0.25) is 0 Å². The summed E-state index contributed by atoms with van der Waals surface area (Å²) in [7, 11) is 0. The molecular formula is C14H21NO. The van der Waals surface area contributed by atoms with Gasteiger partial charge in [0, 0.05) is 12.6 Å². The number of nitrogens with two attached hydrogens (primary N) is 1. The van der Waals surface area contributed by atoms with Gasteiger partial charge in [-0.05, 0) is 37.7 Å². The third-order valence-corrected chi connectivity index (χ3v) is 3.22. The monoisotopic (exact) mass is 219 g/mol. The molecule has 2 unspecified atom stereocenters. The van der Waals surface area contributed by atoms with Crippen molar-refractivity contribution in [1.29, 1.82) is 0 Å². The van der Waals surface area contributed by atoms with Crippen molar-refractivity contribution >= 4 is 0 Å². The van der Waals surface area contributed by atoms with Crippen LogP contribution in [0.15, 0.2) is 30.3 Å². The van der Waals surface area contributed by atoms with E-state index in [1.807, 2.05) is 6.07 Å². The fraction of sp³-hybridized carbons (Fsp3) is 0.571. The molecule has 0 spiro atoms. The molecule has 2 nitrogen and oxygen atoms in total. The van der Waals surface area contributed by atoms with Crippen LogP contribution in [0, 0.1) is 0 Å². The lowest BCUT2D eigenvalue weighted by atomic mass is 10.0. The van der Waals surface area contributed by atoms with Crippen molar-refractivity contribution in [2.45, 2.75) is 44.2 Å². The maximum Gasteiger partial charge on any atom is 0.0576 e. The van der Waals surface area contributed by atoms with E-state index in [2.05, 4.69) is 24.3 Å². The van der Waals surface area contributed by atoms with Gasteiger partial charge in [0.15, 0.2) is 0 Å². The van der Waals surface area contributed by atoms with Crippen molar-refractivity contribution in [3.8, 4) is 0 Å². The minimum Gasteiger partial charge on any atom is -0.378 e. The SMILES string of the molecule is NC(CCC1CCCO1)Cc1ccccc1. The number of ether oxygens (including phenoxy) is 1. The molecule has 0 aliphatic carbocycles. The molecule has 1 aliphatic heterocycles. The Bertz CT molecular complexity index is 293. The van der Waals surface area contributed by atoms with Gasteiger partial charge in [-0.1, -0.05) is 30.3 Å². The van der Waals surface area contributed by atoms with Gasteiger partial charge in [-0.2, -0.15) is 0 Å². The van der Waals surface area contributed by atoms with Crippen LogP contribution >= 0.6 is 0 Å². The summed E-state index contributed by atoms with van der Waals surface area (Å²) in [5.41, 5.74) is 7.46. The molecule has 2 atom stereocenters. The summed E-state index contributed by atoms with van der Waals surface area (Å²) in [4.78, 5) is 0. The molecule has 88 valence electrons. The van der Waals surface area contributed by atoms with E-state index in [1.54, 1.807) is 0 Å². The van der Waals surface area contributed by atoms with Crippen LogP contribution in [0.4, 0.5) is 0 Å². The third-order valence-electron chi connectivity index (χ3n) is 3.22. The number of rotatable bonds is 5. The second-order valence-electron chi connectivity index (χ2n) is 4.66. The van der Waals surface area contributed by atoms with E-state index in [9.17, 15) is 0 Å². The number of hydrogen-bond donors (Lipinski definition) is 1. The van der Waals surface area contributed by atoms with Gasteiger partial charge in [0.05, 0.1) is 6.10 Å². The quantitative estimate of drug-likeness (QED) is 0.826. The minimum atomic E-state index is 0.270. The Morgan fingerprint density at radius 1 is 1.31 bits per heavy atom. The Hall–Kier alpha value is -0.860. The van der Waals surface area contributed by atoms with E-state index in [4.69, 9.17) is 10.5 Å². The van der Waals surface area contributed by atoms with Gasteiger partial charge < -0.3 is 10.5 Å². The molecular weight excluding hydrogens is 198 g/mol. The van der Waals surface area contributed by atoms with Gasteiger partial charge in [-0.25, -0.2) is 0 Å². The zero-order valence-electron chi connectivity index (χ0n) is 9.77. The van der Waals surface area contributed by atoms with E-state index in [1.165, 1.54) is 18.4 Å². The summed E-state index contributed by atoms with van der Waals surface area (Å²) < 4.78 is 5.60. The molecule has 1 aliphatic rings. The van der Waals surface area contributed by atoms with Crippen LogP contribution in [-0.4, -0.2) is 18.8 Å².